The summed E-state index contributed by atoms with van der Waals surface area (Å²) in [5.74, 6) is 0.140. The summed E-state index contributed by atoms with van der Waals surface area (Å²) < 4.78 is 0. The number of carbonyl (C=O) groups excluding carboxylic acids is 1. The zero-order chi connectivity index (χ0) is 6.85. The number of hydrogen-bond donors (Lipinski definition) is 0. The highest BCUT2D eigenvalue weighted by atomic mass is 16.2. The minimum Gasteiger partial charge on any atom is -0.347 e. The first-order chi connectivity index (χ1) is 4.22. The summed E-state index contributed by atoms with van der Waals surface area (Å²) in [7, 11) is 3.52. The van der Waals surface area contributed by atoms with E-state index in [4.69, 9.17) is 0 Å². The summed E-state index contributed by atoms with van der Waals surface area (Å²) >= 11 is 0. The predicted octanol–water partition coefficient (Wildman–Crippen LogP) is -0.549. The van der Waals surface area contributed by atoms with Gasteiger partial charge in [-0.25, -0.2) is 5.32 Å². The molecule has 1 amide bonds. The molecule has 51 valence electrons. The average molecular weight is 127 g/mol. The number of rotatable bonds is 1. The maximum absolute atomic E-state index is 11.0. The average Bonchev–Trinajstić information content (AvgIpc) is 1.60. The molecular weight excluding hydrogens is 116 g/mol. The van der Waals surface area contributed by atoms with E-state index in [1.54, 1.807) is 19.0 Å². The van der Waals surface area contributed by atoms with Gasteiger partial charge in [0.2, 0.25) is 5.91 Å². The quantitative estimate of drug-likeness (QED) is 0.465. The molecule has 1 heterocycles. The summed E-state index contributed by atoms with van der Waals surface area (Å²) in [6.07, 6.45) is 0.941. The Bertz CT molecular complexity index is 118. The van der Waals surface area contributed by atoms with Gasteiger partial charge < -0.3 is 4.90 Å². The third kappa shape index (κ3) is 1.21. The van der Waals surface area contributed by atoms with E-state index in [1.165, 1.54) is 0 Å². The Kier molecular flexibility index (Phi) is 1.71. The van der Waals surface area contributed by atoms with Gasteiger partial charge in [-0.1, -0.05) is 0 Å². The van der Waals surface area contributed by atoms with Gasteiger partial charge in [0.25, 0.3) is 0 Å². The third-order valence-electron chi connectivity index (χ3n) is 1.48. The molecule has 3 nitrogen and oxygen atoms in total. The van der Waals surface area contributed by atoms with Crippen molar-refractivity contribution >= 4 is 5.91 Å². The summed E-state index contributed by atoms with van der Waals surface area (Å²) in [6, 6.07) is -0.0139. The van der Waals surface area contributed by atoms with Crippen molar-refractivity contribution in [1.82, 2.24) is 10.2 Å². The minimum atomic E-state index is -0.0139. The van der Waals surface area contributed by atoms with Crippen molar-refractivity contribution in [1.29, 1.82) is 0 Å². The van der Waals surface area contributed by atoms with Crippen molar-refractivity contribution in [2.24, 2.45) is 0 Å². The molecule has 0 N–H and O–H groups in total. The number of amides is 1. The molecule has 0 saturated carbocycles. The SMILES string of the molecule is CN(C)C(=O)C1CC[N]1. The van der Waals surface area contributed by atoms with Crippen LogP contribution in [0.4, 0.5) is 0 Å². The van der Waals surface area contributed by atoms with E-state index in [2.05, 4.69) is 5.32 Å². The predicted molar refractivity (Wildman–Crippen MR) is 34.1 cm³/mol. The lowest BCUT2D eigenvalue weighted by atomic mass is 10.1. The molecule has 0 bridgehead atoms. The van der Waals surface area contributed by atoms with Gasteiger partial charge in [0.15, 0.2) is 0 Å². The Labute approximate surface area is 55.0 Å². The lowest BCUT2D eigenvalue weighted by Crippen LogP contribution is -2.48. The van der Waals surface area contributed by atoms with Crippen molar-refractivity contribution < 1.29 is 4.79 Å². The van der Waals surface area contributed by atoms with Crippen LogP contribution >= 0.6 is 0 Å². The molecule has 1 fully saturated rings. The molecular formula is C6H11N2O. The van der Waals surface area contributed by atoms with Crippen molar-refractivity contribution in [3.05, 3.63) is 0 Å². The second-order valence-electron chi connectivity index (χ2n) is 2.44. The molecule has 0 aromatic carbocycles. The number of carbonyl (C=O) groups is 1. The van der Waals surface area contributed by atoms with E-state index < -0.39 is 0 Å². The lowest BCUT2D eigenvalue weighted by Gasteiger charge is -2.26. The van der Waals surface area contributed by atoms with Gasteiger partial charge in [-0.3, -0.25) is 4.79 Å². The standard InChI is InChI=1S/C6H11N2O/c1-8(2)6(9)5-3-4-7-5/h5H,3-4H2,1-2H3. The van der Waals surface area contributed by atoms with Crippen LogP contribution in [0.3, 0.4) is 0 Å². The van der Waals surface area contributed by atoms with E-state index in [0.29, 0.717) is 0 Å². The van der Waals surface area contributed by atoms with Crippen LogP contribution in [0, 0.1) is 0 Å². The van der Waals surface area contributed by atoms with E-state index in [-0.39, 0.29) is 11.9 Å². The Morgan fingerprint density at radius 2 is 2.22 bits per heavy atom. The first-order valence-electron chi connectivity index (χ1n) is 3.09. The molecule has 0 spiro atoms. The maximum Gasteiger partial charge on any atom is 0.240 e. The zero-order valence-corrected chi connectivity index (χ0v) is 5.79. The smallest absolute Gasteiger partial charge is 0.240 e. The molecule has 0 aromatic heterocycles. The maximum atomic E-state index is 11.0. The summed E-state index contributed by atoms with van der Waals surface area (Å²) in [5.41, 5.74) is 0. The number of nitrogens with zero attached hydrogens (tertiary/aromatic N) is 2. The lowest BCUT2D eigenvalue weighted by molar-refractivity contribution is -0.132. The normalized spacial score (nSPS) is 24.9. The Balaban J connectivity index is 2.32. The molecule has 0 aromatic rings. The first-order valence-corrected chi connectivity index (χ1v) is 3.09. The zero-order valence-electron chi connectivity index (χ0n) is 5.79. The molecule has 1 rings (SSSR count). The van der Waals surface area contributed by atoms with Gasteiger partial charge in [-0.2, -0.15) is 0 Å². The van der Waals surface area contributed by atoms with Gasteiger partial charge in [-0.15, -0.1) is 0 Å². The van der Waals surface area contributed by atoms with Crippen LogP contribution in [0.5, 0.6) is 0 Å². The van der Waals surface area contributed by atoms with E-state index in [0.717, 1.165) is 13.0 Å². The molecule has 0 aliphatic carbocycles. The van der Waals surface area contributed by atoms with Crippen LogP contribution in [-0.4, -0.2) is 37.5 Å². The molecule has 1 atom stereocenters. The van der Waals surface area contributed by atoms with Crippen LogP contribution in [0.25, 0.3) is 0 Å². The summed E-state index contributed by atoms with van der Waals surface area (Å²) in [5, 5.41) is 4.00. The Morgan fingerprint density at radius 3 is 2.33 bits per heavy atom. The van der Waals surface area contributed by atoms with Crippen LogP contribution in [0.1, 0.15) is 6.42 Å². The van der Waals surface area contributed by atoms with Crippen LogP contribution in [-0.2, 0) is 4.79 Å². The van der Waals surface area contributed by atoms with E-state index in [9.17, 15) is 4.79 Å². The Morgan fingerprint density at radius 1 is 1.67 bits per heavy atom. The van der Waals surface area contributed by atoms with Crippen molar-refractivity contribution in [3.63, 3.8) is 0 Å². The van der Waals surface area contributed by atoms with Gasteiger partial charge in [-0.05, 0) is 6.42 Å². The second-order valence-corrected chi connectivity index (χ2v) is 2.44. The van der Waals surface area contributed by atoms with Gasteiger partial charge in [0.1, 0.15) is 6.04 Å². The van der Waals surface area contributed by atoms with Crippen LogP contribution < -0.4 is 5.32 Å². The van der Waals surface area contributed by atoms with E-state index >= 15 is 0 Å². The largest absolute Gasteiger partial charge is 0.347 e. The highest BCUT2D eigenvalue weighted by molar-refractivity contribution is 5.82. The molecule has 1 aliphatic rings. The fraction of sp³-hybridized carbons (Fsp3) is 0.833. The van der Waals surface area contributed by atoms with Crippen LogP contribution in [0.2, 0.25) is 0 Å². The fourth-order valence-corrected chi connectivity index (χ4v) is 0.758. The summed E-state index contributed by atoms with van der Waals surface area (Å²) in [4.78, 5) is 12.5. The highest BCUT2D eigenvalue weighted by Gasteiger charge is 2.26. The van der Waals surface area contributed by atoms with Crippen LogP contribution in [0.15, 0.2) is 0 Å². The highest BCUT2D eigenvalue weighted by Crippen LogP contribution is 2.05. The van der Waals surface area contributed by atoms with Crippen molar-refractivity contribution in [3.8, 4) is 0 Å². The van der Waals surface area contributed by atoms with E-state index in [1.807, 2.05) is 0 Å². The Hall–Kier alpha value is -0.570. The topological polar surface area (TPSA) is 34.4 Å². The molecule has 1 radical (unpaired) electrons. The minimum absolute atomic E-state index is 0.0139. The second kappa shape index (κ2) is 2.35. The first kappa shape index (κ1) is 6.55. The monoisotopic (exact) mass is 127 g/mol. The molecule has 1 aliphatic heterocycles. The molecule has 1 saturated heterocycles. The molecule has 1 unspecified atom stereocenters. The fourth-order valence-electron chi connectivity index (χ4n) is 0.758. The van der Waals surface area contributed by atoms with Gasteiger partial charge >= 0.3 is 0 Å². The summed E-state index contributed by atoms with van der Waals surface area (Å²) in [6.45, 7) is 0.865. The van der Waals surface area contributed by atoms with Gasteiger partial charge in [0, 0.05) is 20.6 Å². The van der Waals surface area contributed by atoms with Crippen molar-refractivity contribution in [2.75, 3.05) is 20.6 Å². The molecule has 9 heavy (non-hydrogen) atoms. The number of hydrogen-bond acceptors (Lipinski definition) is 1. The van der Waals surface area contributed by atoms with Gasteiger partial charge in [0.05, 0.1) is 0 Å². The van der Waals surface area contributed by atoms with Crippen molar-refractivity contribution in [2.45, 2.75) is 12.5 Å². The number of likely N-dealkylation sites (N-methyl/N-ethyl adjacent to an activating group) is 1. The third-order valence-corrected chi connectivity index (χ3v) is 1.48. The molecule has 3 heteroatoms.